The summed E-state index contributed by atoms with van der Waals surface area (Å²) in [5.74, 6) is -1.25. The van der Waals surface area contributed by atoms with Crippen LogP contribution < -0.4 is 0 Å². The normalized spacial score (nSPS) is 26.9. The third-order valence-corrected chi connectivity index (χ3v) is 4.20. The lowest BCUT2D eigenvalue weighted by atomic mass is 9.85. The van der Waals surface area contributed by atoms with E-state index >= 15 is 0 Å². The van der Waals surface area contributed by atoms with Crippen molar-refractivity contribution in [2.75, 3.05) is 7.11 Å². The summed E-state index contributed by atoms with van der Waals surface area (Å²) < 4.78 is 16.4. The fraction of sp³-hybridized carbons (Fsp3) is 0.579. The fourth-order valence-electron chi connectivity index (χ4n) is 3.02. The van der Waals surface area contributed by atoms with Gasteiger partial charge in [0.15, 0.2) is 0 Å². The van der Waals surface area contributed by atoms with Crippen molar-refractivity contribution in [3.8, 4) is 0 Å². The third kappa shape index (κ3) is 4.35. The first kappa shape index (κ1) is 18.5. The topological polar surface area (TPSA) is 61.8 Å². The number of hydrogen-bond acceptors (Lipinski definition) is 5. The molecule has 132 valence electrons. The molecule has 1 aliphatic rings. The predicted octanol–water partition coefficient (Wildman–Crippen LogP) is 3.28. The monoisotopic (exact) mass is 334 g/mol. The minimum atomic E-state index is -0.571. The van der Waals surface area contributed by atoms with E-state index in [0.717, 1.165) is 5.56 Å². The van der Waals surface area contributed by atoms with Crippen molar-refractivity contribution in [3.05, 3.63) is 35.9 Å². The smallest absolute Gasteiger partial charge is 0.312 e. The van der Waals surface area contributed by atoms with Crippen LogP contribution in [0, 0.1) is 11.8 Å². The zero-order valence-corrected chi connectivity index (χ0v) is 14.9. The van der Waals surface area contributed by atoms with Gasteiger partial charge in [-0.3, -0.25) is 9.59 Å². The Morgan fingerprint density at radius 2 is 1.79 bits per heavy atom. The highest BCUT2D eigenvalue weighted by atomic mass is 16.6. The molecule has 0 spiro atoms. The Morgan fingerprint density at radius 3 is 2.33 bits per heavy atom. The van der Waals surface area contributed by atoms with Crippen LogP contribution in [-0.4, -0.2) is 30.8 Å². The van der Waals surface area contributed by atoms with E-state index in [9.17, 15) is 9.59 Å². The van der Waals surface area contributed by atoms with Gasteiger partial charge in [-0.1, -0.05) is 37.3 Å². The molecule has 0 aromatic heterocycles. The van der Waals surface area contributed by atoms with Crippen molar-refractivity contribution in [1.29, 1.82) is 0 Å². The van der Waals surface area contributed by atoms with Crippen LogP contribution in [0.1, 0.15) is 45.8 Å². The summed E-state index contributed by atoms with van der Waals surface area (Å²) in [5, 5.41) is 0. The average molecular weight is 334 g/mol. The second-order valence-corrected chi connectivity index (χ2v) is 7.20. The summed E-state index contributed by atoms with van der Waals surface area (Å²) in [6, 6.07) is 9.58. The van der Waals surface area contributed by atoms with E-state index in [1.165, 1.54) is 7.11 Å². The molecule has 1 aromatic carbocycles. The summed E-state index contributed by atoms with van der Waals surface area (Å²) in [7, 11) is 1.35. The van der Waals surface area contributed by atoms with Crippen LogP contribution in [0.3, 0.4) is 0 Å². The molecule has 5 heteroatoms. The summed E-state index contributed by atoms with van der Waals surface area (Å²) in [5.41, 5.74) is 0.339. The van der Waals surface area contributed by atoms with Gasteiger partial charge < -0.3 is 14.2 Å². The molecule has 0 N–H and O–H groups in total. The molecule has 5 nitrogen and oxygen atoms in total. The van der Waals surface area contributed by atoms with Crippen LogP contribution in [0.4, 0.5) is 0 Å². The molecule has 0 aliphatic carbocycles. The fourth-order valence-corrected chi connectivity index (χ4v) is 3.02. The number of rotatable bonds is 4. The summed E-state index contributed by atoms with van der Waals surface area (Å²) >= 11 is 0. The minimum Gasteiger partial charge on any atom is -0.469 e. The van der Waals surface area contributed by atoms with E-state index < -0.39 is 17.6 Å². The number of carbonyl (C=O) groups excluding carboxylic acids is 2. The summed E-state index contributed by atoms with van der Waals surface area (Å²) in [6.07, 6.45) is -0.675. The quantitative estimate of drug-likeness (QED) is 0.791. The molecule has 0 radical (unpaired) electrons. The largest absolute Gasteiger partial charge is 0.469 e. The molecular weight excluding hydrogens is 308 g/mol. The van der Waals surface area contributed by atoms with Crippen LogP contribution in [0.2, 0.25) is 0 Å². The second-order valence-electron chi connectivity index (χ2n) is 7.20. The second kappa shape index (κ2) is 7.34. The summed E-state index contributed by atoms with van der Waals surface area (Å²) in [4.78, 5) is 24.4. The Kier molecular flexibility index (Phi) is 5.65. The molecule has 1 aliphatic heterocycles. The Bertz CT molecular complexity index is 575. The van der Waals surface area contributed by atoms with Gasteiger partial charge in [0.05, 0.1) is 31.7 Å². The maximum absolute atomic E-state index is 12.7. The Hall–Kier alpha value is -1.88. The molecule has 1 heterocycles. The number of ether oxygens (including phenoxy) is 3. The first-order valence-corrected chi connectivity index (χ1v) is 8.23. The molecule has 2 rings (SSSR count). The molecule has 24 heavy (non-hydrogen) atoms. The van der Waals surface area contributed by atoms with E-state index in [0.29, 0.717) is 0 Å². The average Bonchev–Trinajstić information content (AvgIpc) is 2.83. The number of carbonyl (C=O) groups is 2. The van der Waals surface area contributed by atoms with Gasteiger partial charge in [-0.25, -0.2) is 0 Å². The number of hydrogen-bond donors (Lipinski definition) is 0. The lowest BCUT2D eigenvalue weighted by molar-refractivity contribution is -0.163. The van der Waals surface area contributed by atoms with Gasteiger partial charge in [-0.15, -0.1) is 0 Å². The first-order valence-electron chi connectivity index (χ1n) is 8.23. The van der Waals surface area contributed by atoms with Gasteiger partial charge in [0, 0.05) is 0 Å². The standard InChI is InChI=1S/C19H26O5/c1-12-14(11-15(20)22-5)23-17(13-9-7-6-8-10-13)16(12)18(21)24-19(2,3)4/h6-10,12,14,16-17H,11H2,1-5H3/t12-,14+,16+,17-/m0/s1. The van der Waals surface area contributed by atoms with Gasteiger partial charge in [0.1, 0.15) is 5.60 Å². The highest BCUT2D eigenvalue weighted by Crippen LogP contribution is 2.44. The van der Waals surface area contributed by atoms with Crippen molar-refractivity contribution < 1.29 is 23.8 Å². The van der Waals surface area contributed by atoms with Crippen molar-refractivity contribution >= 4 is 11.9 Å². The zero-order valence-electron chi connectivity index (χ0n) is 14.9. The summed E-state index contributed by atoms with van der Waals surface area (Å²) in [6.45, 7) is 7.45. The maximum atomic E-state index is 12.7. The van der Waals surface area contributed by atoms with Gasteiger partial charge in [0.25, 0.3) is 0 Å². The Labute approximate surface area is 143 Å². The lowest BCUT2D eigenvalue weighted by Crippen LogP contribution is -2.33. The molecule has 1 saturated heterocycles. The molecule has 1 fully saturated rings. The van der Waals surface area contributed by atoms with E-state index in [-0.39, 0.29) is 30.4 Å². The van der Waals surface area contributed by atoms with E-state index in [1.54, 1.807) is 0 Å². The van der Waals surface area contributed by atoms with Crippen LogP contribution in [0.15, 0.2) is 30.3 Å². The SMILES string of the molecule is COC(=O)C[C@H]1O[C@@H](c2ccccc2)[C@H](C(=O)OC(C)(C)C)[C@H]1C. The van der Waals surface area contributed by atoms with E-state index in [2.05, 4.69) is 0 Å². The number of benzene rings is 1. The van der Waals surface area contributed by atoms with Crippen molar-refractivity contribution in [2.45, 2.75) is 51.9 Å². The highest BCUT2D eigenvalue weighted by molar-refractivity contribution is 5.75. The first-order chi connectivity index (χ1) is 11.2. The molecule has 4 atom stereocenters. The van der Waals surface area contributed by atoms with Crippen molar-refractivity contribution in [1.82, 2.24) is 0 Å². The molecular formula is C19H26O5. The highest BCUT2D eigenvalue weighted by Gasteiger charge is 2.48. The number of methoxy groups -OCH3 is 1. The maximum Gasteiger partial charge on any atom is 0.312 e. The molecule has 0 bridgehead atoms. The zero-order chi connectivity index (χ0) is 17.9. The molecule has 0 saturated carbocycles. The Morgan fingerprint density at radius 1 is 1.17 bits per heavy atom. The van der Waals surface area contributed by atoms with Crippen molar-refractivity contribution in [3.63, 3.8) is 0 Å². The van der Waals surface area contributed by atoms with Crippen LogP contribution in [-0.2, 0) is 23.8 Å². The molecule has 0 amide bonds. The van der Waals surface area contributed by atoms with Gasteiger partial charge in [-0.2, -0.15) is 0 Å². The van der Waals surface area contributed by atoms with Crippen molar-refractivity contribution in [2.24, 2.45) is 11.8 Å². The van der Waals surface area contributed by atoms with Crippen LogP contribution >= 0.6 is 0 Å². The van der Waals surface area contributed by atoms with Gasteiger partial charge in [-0.05, 0) is 32.3 Å². The third-order valence-electron chi connectivity index (χ3n) is 4.20. The Balaban J connectivity index is 2.27. The lowest BCUT2D eigenvalue weighted by Gasteiger charge is -2.26. The van der Waals surface area contributed by atoms with E-state index in [4.69, 9.17) is 14.2 Å². The van der Waals surface area contributed by atoms with Gasteiger partial charge in [0.2, 0.25) is 0 Å². The predicted molar refractivity (Wildman–Crippen MR) is 89.2 cm³/mol. The van der Waals surface area contributed by atoms with Crippen LogP contribution in [0.5, 0.6) is 0 Å². The van der Waals surface area contributed by atoms with Crippen LogP contribution in [0.25, 0.3) is 0 Å². The number of esters is 2. The van der Waals surface area contributed by atoms with Gasteiger partial charge >= 0.3 is 11.9 Å². The molecule has 0 unspecified atom stereocenters. The van der Waals surface area contributed by atoms with E-state index in [1.807, 2.05) is 58.0 Å². The minimum absolute atomic E-state index is 0.125. The molecule has 1 aromatic rings.